The van der Waals surface area contributed by atoms with Crippen LogP contribution < -0.4 is 0 Å². The fraction of sp³-hybridized carbons (Fsp3) is 0.375. The van der Waals surface area contributed by atoms with Crippen LogP contribution in [0.3, 0.4) is 0 Å². The fourth-order valence-corrected chi connectivity index (χ4v) is 22.4. The van der Waals surface area contributed by atoms with Crippen molar-refractivity contribution in [1.82, 2.24) is 0 Å². The van der Waals surface area contributed by atoms with E-state index in [4.69, 9.17) is 61.3 Å². The number of furan rings is 1. The fourth-order valence-electron chi connectivity index (χ4n) is 21.3. The molecule has 17 aromatic rings. The Labute approximate surface area is 841 Å². The largest absolute Gasteiger partial charge is 0.456 e. The van der Waals surface area contributed by atoms with Gasteiger partial charge in [-0.3, -0.25) is 0 Å². The van der Waals surface area contributed by atoms with Crippen LogP contribution >= 0.6 is 11.3 Å². The van der Waals surface area contributed by atoms with Gasteiger partial charge in [0.1, 0.15) is 11.2 Å². The highest BCUT2D eigenvalue weighted by Crippen LogP contribution is 2.51. The van der Waals surface area contributed by atoms with Gasteiger partial charge in [0.25, 0.3) is 0 Å². The first-order valence-corrected chi connectivity index (χ1v) is 53.4. The Morgan fingerprint density at radius 1 is 0.225 bits per heavy atom. The van der Waals surface area contributed by atoms with Crippen molar-refractivity contribution >= 4 is 107 Å². The first kappa shape index (κ1) is 98.5. The summed E-state index contributed by atoms with van der Waals surface area (Å²) >= 11 is 1.87. The number of unbranched alkanes of at least 4 members (excludes halogenated alkanes) is 8. The zero-order valence-corrected chi connectivity index (χ0v) is 84.4. The summed E-state index contributed by atoms with van der Waals surface area (Å²) in [6.45, 7) is 27.6. The maximum absolute atomic E-state index is 6.54. The van der Waals surface area contributed by atoms with Crippen LogP contribution in [0.2, 0.25) is 0 Å². The molecule has 734 valence electrons. The summed E-state index contributed by atoms with van der Waals surface area (Å²) in [5.74, 6) is 0. The molecule has 6 heterocycles. The maximum atomic E-state index is 6.54. The van der Waals surface area contributed by atoms with Gasteiger partial charge < -0.3 is 61.3 Å². The van der Waals surface area contributed by atoms with Crippen LogP contribution in [0.4, 0.5) is 0 Å². The minimum atomic E-state index is 0.255. The van der Waals surface area contributed by atoms with Gasteiger partial charge in [0.15, 0.2) is 0 Å². The minimum Gasteiger partial charge on any atom is -0.456 e. The number of hydrogen-bond acceptors (Lipinski definition) is 14. The molecule has 4 fully saturated rings. The smallest absolute Gasteiger partial charge is 0.136 e. The molecule has 0 atom stereocenters. The van der Waals surface area contributed by atoms with Crippen molar-refractivity contribution in [2.24, 2.45) is 21.7 Å². The topological polar surface area (TPSA) is 124 Å². The SMILES string of the molecule is CCC1(COCCCCCOCc2ccc(-c3c4ccccc4c(-c4ccc(-c5ccc6c(c5)oc5ccc(COCCCCCOCC7(CC)COC7)cc56)c5ccccc45)c4ccccc34)cc2)COC1.CCC1(COCCCCCOCc2ccc(-c3c4ccccc4c(-c4ccc(-c5cccc6sc7ccc(COCCCCCOCC8(CC)COC8)cc7c56)cc4)c4ccccc34)cc2)COC1. The third-order valence-corrected chi connectivity index (χ3v) is 31.9. The van der Waals surface area contributed by atoms with Crippen LogP contribution in [0.1, 0.15) is 153 Å². The Hall–Kier alpha value is -10.9. The lowest BCUT2D eigenvalue weighted by atomic mass is 9.83. The average molecular weight is 1920 g/mol. The molecule has 4 saturated heterocycles. The van der Waals surface area contributed by atoms with Crippen molar-refractivity contribution in [3.63, 3.8) is 0 Å². The molecular weight excluding hydrogens is 1780 g/mol. The highest BCUT2D eigenvalue weighted by molar-refractivity contribution is 7.26. The molecular formula is C128H138O13S. The lowest BCUT2D eigenvalue weighted by Crippen LogP contribution is -2.45. The lowest BCUT2D eigenvalue weighted by Gasteiger charge is -2.40. The van der Waals surface area contributed by atoms with Gasteiger partial charge in [0, 0.05) is 105 Å². The van der Waals surface area contributed by atoms with Crippen LogP contribution in [-0.2, 0) is 83.3 Å². The van der Waals surface area contributed by atoms with Gasteiger partial charge in [0.2, 0.25) is 0 Å². The van der Waals surface area contributed by atoms with E-state index in [0.29, 0.717) is 26.4 Å². The number of benzene rings is 15. The van der Waals surface area contributed by atoms with Crippen LogP contribution in [0, 0.1) is 21.7 Å². The summed E-state index contributed by atoms with van der Waals surface area (Å²) in [7, 11) is 0. The van der Waals surface area contributed by atoms with Gasteiger partial charge in [-0.25, -0.2) is 0 Å². The molecule has 0 amide bonds. The quantitative estimate of drug-likeness (QED) is 0.0266. The molecule has 4 aliphatic heterocycles. The Morgan fingerprint density at radius 3 is 0.937 bits per heavy atom. The van der Waals surface area contributed by atoms with E-state index in [1.54, 1.807) is 0 Å². The van der Waals surface area contributed by atoms with Crippen molar-refractivity contribution in [2.45, 2.75) is 157 Å². The Balaban J connectivity index is 0.000000174. The summed E-state index contributed by atoms with van der Waals surface area (Å²) in [6, 6.07) is 103. The zero-order chi connectivity index (χ0) is 96.3. The number of fused-ring (bicyclic) bond motifs is 11. The second-order valence-corrected chi connectivity index (χ2v) is 41.7. The second kappa shape index (κ2) is 46.9. The lowest BCUT2D eigenvalue weighted by molar-refractivity contribution is -0.150. The van der Waals surface area contributed by atoms with Gasteiger partial charge in [-0.2, -0.15) is 0 Å². The van der Waals surface area contributed by atoms with Crippen molar-refractivity contribution in [3.05, 3.63) is 301 Å². The number of hydrogen-bond donors (Lipinski definition) is 0. The molecule has 21 rings (SSSR count). The third kappa shape index (κ3) is 22.3. The maximum Gasteiger partial charge on any atom is 0.136 e. The van der Waals surface area contributed by atoms with Gasteiger partial charge >= 0.3 is 0 Å². The molecule has 0 radical (unpaired) electrons. The van der Waals surface area contributed by atoms with E-state index in [1.165, 1.54) is 152 Å². The summed E-state index contributed by atoms with van der Waals surface area (Å²) in [4.78, 5) is 0. The van der Waals surface area contributed by atoms with E-state index in [2.05, 4.69) is 307 Å². The number of rotatable bonds is 50. The van der Waals surface area contributed by atoms with Crippen molar-refractivity contribution in [1.29, 1.82) is 0 Å². The third-order valence-electron chi connectivity index (χ3n) is 30.7. The predicted molar refractivity (Wildman–Crippen MR) is 585 cm³/mol. The molecule has 14 heteroatoms. The molecule has 4 aliphatic rings. The van der Waals surface area contributed by atoms with Gasteiger partial charge in [-0.15, -0.1) is 11.3 Å². The van der Waals surface area contributed by atoms with Crippen LogP contribution in [0.25, 0.3) is 163 Å². The van der Waals surface area contributed by atoms with E-state index < -0.39 is 0 Å². The summed E-state index contributed by atoms with van der Waals surface area (Å²) in [5, 5.41) is 17.3. The molecule has 0 N–H and O–H groups in total. The molecule has 0 spiro atoms. The monoisotopic (exact) mass is 1910 g/mol. The normalized spacial score (nSPS) is 15.2. The Kier molecular flexibility index (Phi) is 32.5. The summed E-state index contributed by atoms with van der Waals surface area (Å²) in [6.07, 6.45) is 17.4. The second-order valence-electron chi connectivity index (χ2n) is 40.7. The standard InChI is InChI=1S/C66H70O7.C62H68O6S/c1-3-65(43-71-44-65)41-69-35-15-5-13-33-67-39-47-23-26-49(27-24-47)63-55-19-9-11-21-57(55)64(58-22-12-10-20-56(58)63)59-31-30-51(52-17-7-8-18-53(52)59)50-28-29-54-60-37-48(25-32-61(60)73-62(54)38-50)40-68-34-14-6-16-36-70-42-66(4-2)45-72-46-66;1-3-61(41-67-42-61)39-65-34-13-5-11-32-63-37-45-22-25-48(26-23-45)58-51-16-7-9-18-53(51)59(54-19-10-8-17-52(54)58)49-29-27-47(28-30-49)50-20-15-21-57-60(50)55-36-46(24-31-56(55)69-57)38-64-33-12-6-14-35-66-40-62(4-2)43-68-44-62/h7-12,17-32,37-38H,3-6,13-16,33-36,39-46H2,1-2H3;7-10,15-31,36H,3-6,11-14,32-35,37-44H2,1-2H3. The summed E-state index contributed by atoms with van der Waals surface area (Å²) < 4.78 is 79.4. The molecule has 0 bridgehead atoms. The molecule has 13 nitrogen and oxygen atoms in total. The van der Waals surface area contributed by atoms with E-state index in [0.717, 1.165) is 268 Å². The van der Waals surface area contributed by atoms with E-state index in [9.17, 15) is 0 Å². The highest BCUT2D eigenvalue weighted by Gasteiger charge is 2.40. The zero-order valence-electron chi connectivity index (χ0n) is 83.6. The van der Waals surface area contributed by atoms with Gasteiger partial charge in [0.05, 0.1) is 106 Å². The van der Waals surface area contributed by atoms with Crippen molar-refractivity contribution in [3.8, 4) is 66.8 Å². The van der Waals surface area contributed by atoms with Crippen molar-refractivity contribution in [2.75, 3.05) is 132 Å². The van der Waals surface area contributed by atoms with E-state index in [-0.39, 0.29) is 21.7 Å². The van der Waals surface area contributed by atoms with Gasteiger partial charge in [-0.05, 0) is 288 Å². The van der Waals surface area contributed by atoms with E-state index in [1.807, 2.05) is 11.3 Å². The highest BCUT2D eigenvalue weighted by atomic mass is 32.1. The van der Waals surface area contributed by atoms with Gasteiger partial charge in [-0.1, -0.05) is 264 Å². The van der Waals surface area contributed by atoms with E-state index >= 15 is 0 Å². The molecule has 142 heavy (non-hydrogen) atoms. The molecule has 2 aromatic heterocycles. The minimum absolute atomic E-state index is 0.255. The molecule has 0 saturated carbocycles. The van der Waals surface area contributed by atoms with Crippen LogP contribution in [-0.4, -0.2) is 132 Å². The number of ether oxygens (including phenoxy) is 12. The Morgan fingerprint density at radius 2 is 0.549 bits per heavy atom. The molecule has 0 aliphatic carbocycles. The molecule has 15 aromatic carbocycles. The van der Waals surface area contributed by atoms with Crippen molar-refractivity contribution < 1.29 is 61.3 Å². The van der Waals surface area contributed by atoms with Crippen LogP contribution in [0.15, 0.2) is 283 Å². The first-order chi connectivity index (χ1) is 70.1. The molecule has 0 unspecified atom stereocenters. The predicted octanol–water partition coefficient (Wildman–Crippen LogP) is 31.9. The first-order valence-electron chi connectivity index (χ1n) is 52.6. The Bertz CT molecular complexity index is 6960. The van der Waals surface area contributed by atoms with Crippen LogP contribution in [0.5, 0.6) is 0 Å². The average Bonchev–Trinajstić information content (AvgIpc) is 0.891. The number of thiophene rings is 1. The summed E-state index contributed by atoms with van der Waals surface area (Å²) in [5.41, 5.74) is 22.3.